The average molecular weight is 359 g/mol. The second kappa shape index (κ2) is 9.18. The predicted octanol–water partition coefficient (Wildman–Crippen LogP) is 3.40. The summed E-state index contributed by atoms with van der Waals surface area (Å²) in [5.41, 5.74) is 2.58. The Morgan fingerprint density at radius 3 is 2.64 bits per heavy atom. The number of nitrogens with one attached hydrogen (secondary N) is 2. The molecule has 1 heterocycles. The van der Waals surface area contributed by atoms with Gasteiger partial charge in [-0.2, -0.15) is 11.8 Å². The van der Waals surface area contributed by atoms with Crippen LogP contribution in [0.25, 0.3) is 0 Å². The molecule has 2 N–H and O–H groups in total. The number of nitrogens with zero attached hydrogens (tertiary/aromatic N) is 2. The van der Waals surface area contributed by atoms with E-state index in [2.05, 4.69) is 75.6 Å². The van der Waals surface area contributed by atoms with Gasteiger partial charge in [-0.05, 0) is 42.7 Å². The van der Waals surface area contributed by atoms with Crippen LogP contribution in [0, 0.1) is 0 Å². The highest BCUT2D eigenvalue weighted by molar-refractivity contribution is 7.99. The second-order valence-corrected chi connectivity index (χ2v) is 8.28. The van der Waals surface area contributed by atoms with Gasteiger partial charge in [0.2, 0.25) is 0 Å². The maximum Gasteiger partial charge on any atom is 0.191 e. The Kier molecular flexibility index (Phi) is 6.68. The number of hydrogen-bond donors (Lipinski definition) is 2. The van der Waals surface area contributed by atoms with E-state index in [-0.39, 0.29) is 0 Å². The van der Waals surface area contributed by atoms with Crippen LogP contribution in [0.4, 0.5) is 5.69 Å². The summed E-state index contributed by atoms with van der Waals surface area (Å²) in [7, 11) is 1.85. The van der Waals surface area contributed by atoms with Crippen LogP contribution in [-0.4, -0.2) is 43.1 Å². The van der Waals surface area contributed by atoms with E-state index >= 15 is 0 Å². The molecule has 3 rings (SSSR count). The molecule has 1 saturated carbocycles. The molecule has 2 atom stereocenters. The molecule has 0 spiro atoms. The minimum atomic E-state index is 0.556. The molecule has 1 aromatic carbocycles. The normalized spacial score (nSPS) is 23.3. The zero-order valence-electron chi connectivity index (χ0n) is 15.4. The lowest BCUT2D eigenvalue weighted by Gasteiger charge is -2.19. The van der Waals surface area contributed by atoms with Crippen LogP contribution in [0.2, 0.25) is 0 Å². The molecule has 1 aromatic rings. The van der Waals surface area contributed by atoms with Crippen molar-refractivity contribution in [1.82, 2.24) is 10.6 Å². The highest BCUT2D eigenvalue weighted by Gasteiger charge is 2.25. The largest absolute Gasteiger partial charge is 0.364 e. The molecule has 1 aliphatic carbocycles. The fourth-order valence-electron chi connectivity index (χ4n) is 3.55. The molecule has 1 aliphatic heterocycles. The van der Waals surface area contributed by atoms with Crippen molar-refractivity contribution in [1.29, 1.82) is 0 Å². The van der Waals surface area contributed by atoms with Gasteiger partial charge >= 0.3 is 0 Å². The highest BCUT2D eigenvalue weighted by atomic mass is 32.2. The minimum Gasteiger partial charge on any atom is -0.364 e. The number of aliphatic imine (C=N–C) groups is 1. The van der Waals surface area contributed by atoms with Crippen molar-refractivity contribution < 1.29 is 0 Å². The van der Waals surface area contributed by atoms with Gasteiger partial charge in [-0.1, -0.05) is 31.2 Å². The highest BCUT2D eigenvalue weighted by Crippen LogP contribution is 2.29. The third-order valence-corrected chi connectivity index (χ3v) is 6.16. The second-order valence-electron chi connectivity index (χ2n) is 6.70. The number of benzene rings is 1. The average Bonchev–Trinajstić information content (AvgIpc) is 3.31. The van der Waals surface area contributed by atoms with Crippen molar-refractivity contribution in [3.05, 3.63) is 42.0 Å². The first kappa shape index (κ1) is 18.2. The monoisotopic (exact) mass is 358 g/mol. The van der Waals surface area contributed by atoms with Crippen LogP contribution in [0.3, 0.4) is 0 Å². The van der Waals surface area contributed by atoms with E-state index < -0.39 is 0 Å². The summed E-state index contributed by atoms with van der Waals surface area (Å²) in [6.07, 6.45) is 8.25. The van der Waals surface area contributed by atoms with Gasteiger partial charge in [0.25, 0.3) is 0 Å². The Morgan fingerprint density at radius 1 is 1.20 bits per heavy atom. The molecule has 4 nitrogen and oxygen atoms in total. The standard InChI is InChI=1S/C20H30N4S/c1-3-25-19-11-8-17(14-19)23-20(21-2)22-15-16-6-9-18(10-7-16)24-12-4-5-13-24/h4-7,9-10,17,19H,3,8,11-15H2,1-2H3,(H2,21,22,23). The molecular formula is C20H30N4S. The van der Waals surface area contributed by atoms with Gasteiger partial charge < -0.3 is 15.5 Å². The van der Waals surface area contributed by atoms with Gasteiger partial charge in [-0.25, -0.2) is 0 Å². The van der Waals surface area contributed by atoms with E-state index in [1.165, 1.54) is 36.3 Å². The minimum absolute atomic E-state index is 0.556. The van der Waals surface area contributed by atoms with E-state index in [0.717, 1.165) is 30.8 Å². The van der Waals surface area contributed by atoms with E-state index in [4.69, 9.17) is 0 Å². The van der Waals surface area contributed by atoms with Gasteiger partial charge in [0.05, 0.1) is 0 Å². The van der Waals surface area contributed by atoms with Crippen molar-refractivity contribution in [3.63, 3.8) is 0 Å². The number of hydrogen-bond acceptors (Lipinski definition) is 3. The van der Waals surface area contributed by atoms with Crippen LogP contribution >= 0.6 is 11.8 Å². The lowest BCUT2D eigenvalue weighted by molar-refractivity contribution is 0.614. The first-order valence-corrected chi connectivity index (χ1v) is 10.4. The Balaban J connectivity index is 1.45. The zero-order chi connectivity index (χ0) is 17.5. The van der Waals surface area contributed by atoms with Crippen molar-refractivity contribution in [2.75, 3.05) is 30.8 Å². The van der Waals surface area contributed by atoms with Crippen molar-refractivity contribution in [3.8, 4) is 0 Å². The number of anilines is 1. The molecule has 0 radical (unpaired) electrons. The Hall–Kier alpha value is -1.62. The fraction of sp³-hybridized carbons (Fsp3) is 0.550. The van der Waals surface area contributed by atoms with Crippen molar-refractivity contribution >= 4 is 23.4 Å². The maximum absolute atomic E-state index is 4.39. The summed E-state index contributed by atoms with van der Waals surface area (Å²) >= 11 is 2.09. The van der Waals surface area contributed by atoms with Crippen molar-refractivity contribution in [2.45, 2.75) is 44.0 Å². The molecule has 2 aliphatic rings. The number of rotatable bonds is 6. The molecule has 2 unspecified atom stereocenters. The smallest absolute Gasteiger partial charge is 0.191 e. The van der Waals surface area contributed by atoms with Crippen LogP contribution in [0.5, 0.6) is 0 Å². The lowest BCUT2D eigenvalue weighted by Crippen LogP contribution is -2.42. The number of thioether (sulfide) groups is 1. The summed E-state index contributed by atoms with van der Waals surface area (Å²) in [4.78, 5) is 6.75. The summed E-state index contributed by atoms with van der Waals surface area (Å²) < 4.78 is 0. The van der Waals surface area contributed by atoms with Crippen LogP contribution in [0.1, 0.15) is 31.7 Å². The van der Waals surface area contributed by atoms with Crippen molar-refractivity contribution in [2.24, 2.45) is 4.99 Å². The van der Waals surface area contributed by atoms with E-state index in [1.807, 2.05) is 7.05 Å². The predicted molar refractivity (Wildman–Crippen MR) is 111 cm³/mol. The summed E-state index contributed by atoms with van der Waals surface area (Å²) in [6, 6.07) is 9.39. The van der Waals surface area contributed by atoms with Gasteiger partial charge in [0.1, 0.15) is 0 Å². The topological polar surface area (TPSA) is 39.7 Å². The third kappa shape index (κ3) is 5.18. The van der Waals surface area contributed by atoms with E-state index in [9.17, 15) is 0 Å². The fourth-order valence-corrected chi connectivity index (χ4v) is 4.69. The Labute approximate surface area is 156 Å². The summed E-state index contributed by atoms with van der Waals surface area (Å²) in [5, 5.41) is 7.86. The van der Waals surface area contributed by atoms with E-state index in [0.29, 0.717) is 6.04 Å². The van der Waals surface area contributed by atoms with Gasteiger partial charge in [-0.3, -0.25) is 4.99 Å². The SMILES string of the molecule is CCSC1CCC(NC(=NC)NCc2ccc(N3CC=CC3)cc2)C1. The zero-order valence-corrected chi connectivity index (χ0v) is 16.2. The quantitative estimate of drug-likeness (QED) is 0.464. The van der Waals surface area contributed by atoms with Gasteiger partial charge in [0, 0.05) is 43.7 Å². The van der Waals surface area contributed by atoms with Gasteiger partial charge in [0.15, 0.2) is 5.96 Å². The Morgan fingerprint density at radius 2 is 1.96 bits per heavy atom. The van der Waals surface area contributed by atoms with Crippen LogP contribution in [-0.2, 0) is 6.54 Å². The molecule has 0 saturated heterocycles. The van der Waals surface area contributed by atoms with Crippen LogP contribution < -0.4 is 15.5 Å². The first-order valence-electron chi connectivity index (χ1n) is 9.36. The molecule has 0 aromatic heterocycles. The molecular weight excluding hydrogens is 328 g/mol. The molecule has 0 amide bonds. The molecule has 25 heavy (non-hydrogen) atoms. The molecule has 0 bridgehead atoms. The molecule has 1 fully saturated rings. The third-order valence-electron chi connectivity index (χ3n) is 4.93. The summed E-state index contributed by atoms with van der Waals surface area (Å²) in [6.45, 7) is 5.09. The lowest BCUT2D eigenvalue weighted by atomic mass is 10.2. The first-order chi connectivity index (χ1) is 12.3. The molecule has 5 heteroatoms. The number of guanidine groups is 1. The van der Waals surface area contributed by atoms with E-state index in [1.54, 1.807) is 0 Å². The summed E-state index contributed by atoms with van der Waals surface area (Å²) in [5.74, 6) is 2.13. The van der Waals surface area contributed by atoms with Crippen LogP contribution in [0.15, 0.2) is 41.4 Å². The molecule has 136 valence electrons. The maximum atomic E-state index is 4.39. The Bertz CT molecular complexity index is 588. The van der Waals surface area contributed by atoms with Gasteiger partial charge in [-0.15, -0.1) is 0 Å².